The first-order valence-electron chi connectivity index (χ1n) is 6.59. The molecular weight excluding hydrogens is 232 g/mol. The standard InChI is InChI=1S/C12H22N4O2/c1-17-8-5-13-9-11-10-16(15-14-11)6-4-12-3-2-7-18-12/h10,12-13H,2-9H2,1H3. The van der Waals surface area contributed by atoms with E-state index in [1.54, 1.807) is 7.11 Å². The fourth-order valence-electron chi connectivity index (χ4n) is 2.07. The Balaban J connectivity index is 1.65. The molecule has 1 fully saturated rings. The topological polar surface area (TPSA) is 61.2 Å². The van der Waals surface area contributed by atoms with Crippen LogP contribution in [0.5, 0.6) is 0 Å². The Kier molecular flexibility index (Phi) is 5.57. The van der Waals surface area contributed by atoms with Gasteiger partial charge in [-0.25, -0.2) is 0 Å². The molecular formula is C12H22N4O2. The van der Waals surface area contributed by atoms with Gasteiger partial charge in [0.1, 0.15) is 0 Å². The average molecular weight is 254 g/mol. The molecule has 0 amide bonds. The second-order valence-corrected chi connectivity index (χ2v) is 4.57. The molecule has 0 bridgehead atoms. The highest BCUT2D eigenvalue weighted by Crippen LogP contribution is 2.15. The Bertz CT molecular complexity index is 337. The molecule has 0 aliphatic carbocycles. The van der Waals surface area contributed by atoms with Crippen LogP contribution in [0.15, 0.2) is 6.20 Å². The second kappa shape index (κ2) is 7.45. The van der Waals surface area contributed by atoms with Crippen LogP contribution in [-0.4, -0.2) is 48.0 Å². The summed E-state index contributed by atoms with van der Waals surface area (Å²) in [5.41, 5.74) is 0.971. The molecule has 1 aromatic heterocycles. The molecule has 1 aliphatic heterocycles. The lowest BCUT2D eigenvalue weighted by atomic mass is 10.2. The van der Waals surface area contributed by atoms with Crippen LogP contribution in [0.1, 0.15) is 25.0 Å². The van der Waals surface area contributed by atoms with Crippen molar-refractivity contribution >= 4 is 0 Å². The van der Waals surface area contributed by atoms with Crippen LogP contribution >= 0.6 is 0 Å². The van der Waals surface area contributed by atoms with E-state index < -0.39 is 0 Å². The minimum absolute atomic E-state index is 0.414. The van der Waals surface area contributed by atoms with E-state index in [0.717, 1.165) is 38.4 Å². The molecule has 1 N–H and O–H groups in total. The van der Waals surface area contributed by atoms with Crippen LogP contribution < -0.4 is 5.32 Å². The van der Waals surface area contributed by atoms with Gasteiger partial charge < -0.3 is 14.8 Å². The summed E-state index contributed by atoms with van der Waals surface area (Å²) >= 11 is 0. The number of hydrogen-bond donors (Lipinski definition) is 1. The number of rotatable bonds is 8. The molecule has 2 heterocycles. The summed E-state index contributed by atoms with van der Waals surface area (Å²) in [6.45, 7) is 4.09. The lowest BCUT2D eigenvalue weighted by molar-refractivity contribution is 0.0993. The number of nitrogens with one attached hydrogen (secondary N) is 1. The van der Waals surface area contributed by atoms with Gasteiger partial charge in [-0.3, -0.25) is 4.68 Å². The molecule has 0 aromatic carbocycles. The molecule has 6 nitrogen and oxygen atoms in total. The van der Waals surface area contributed by atoms with Gasteiger partial charge in [-0.2, -0.15) is 0 Å². The first-order valence-corrected chi connectivity index (χ1v) is 6.59. The van der Waals surface area contributed by atoms with Gasteiger partial charge >= 0.3 is 0 Å². The van der Waals surface area contributed by atoms with Crippen LogP contribution in [0.25, 0.3) is 0 Å². The van der Waals surface area contributed by atoms with Crippen LogP contribution in [0.2, 0.25) is 0 Å². The smallest absolute Gasteiger partial charge is 0.0964 e. The lowest BCUT2D eigenvalue weighted by Gasteiger charge is -2.07. The monoisotopic (exact) mass is 254 g/mol. The zero-order valence-corrected chi connectivity index (χ0v) is 11.0. The Morgan fingerprint density at radius 2 is 2.56 bits per heavy atom. The van der Waals surface area contributed by atoms with E-state index >= 15 is 0 Å². The van der Waals surface area contributed by atoms with Gasteiger partial charge in [0.25, 0.3) is 0 Å². The van der Waals surface area contributed by atoms with Crippen molar-refractivity contribution in [2.24, 2.45) is 0 Å². The van der Waals surface area contributed by atoms with Crippen LogP contribution in [-0.2, 0) is 22.6 Å². The van der Waals surface area contributed by atoms with Crippen molar-refractivity contribution in [3.63, 3.8) is 0 Å². The Morgan fingerprint density at radius 3 is 3.33 bits per heavy atom. The number of nitrogens with zero attached hydrogens (tertiary/aromatic N) is 3. The van der Waals surface area contributed by atoms with Gasteiger partial charge in [0, 0.05) is 39.5 Å². The van der Waals surface area contributed by atoms with Gasteiger partial charge in [-0.15, -0.1) is 5.10 Å². The zero-order valence-electron chi connectivity index (χ0n) is 11.0. The third-order valence-corrected chi connectivity index (χ3v) is 3.08. The summed E-state index contributed by atoms with van der Waals surface area (Å²) in [6.07, 6.45) is 5.81. The van der Waals surface area contributed by atoms with Gasteiger partial charge in [0.2, 0.25) is 0 Å². The number of aryl methyl sites for hydroxylation is 1. The molecule has 1 atom stereocenters. The molecule has 2 rings (SSSR count). The number of methoxy groups -OCH3 is 1. The SMILES string of the molecule is COCCNCc1cn(CCC2CCCO2)nn1. The molecule has 0 spiro atoms. The predicted octanol–water partition coefficient (Wildman–Crippen LogP) is 0.583. The van der Waals surface area contributed by atoms with Crippen molar-refractivity contribution in [2.75, 3.05) is 26.9 Å². The molecule has 0 saturated carbocycles. The Morgan fingerprint density at radius 1 is 1.61 bits per heavy atom. The maximum atomic E-state index is 5.59. The van der Waals surface area contributed by atoms with Crippen LogP contribution in [0.4, 0.5) is 0 Å². The summed E-state index contributed by atoms with van der Waals surface area (Å²) in [5, 5.41) is 11.5. The molecule has 1 unspecified atom stereocenters. The highest BCUT2D eigenvalue weighted by Gasteiger charge is 2.15. The Hall–Kier alpha value is -0.980. The van der Waals surface area contributed by atoms with Gasteiger partial charge in [0.15, 0.2) is 0 Å². The molecule has 6 heteroatoms. The Labute approximate surface area is 108 Å². The fraction of sp³-hybridized carbons (Fsp3) is 0.833. The lowest BCUT2D eigenvalue weighted by Crippen LogP contribution is -2.18. The molecule has 102 valence electrons. The quantitative estimate of drug-likeness (QED) is 0.688. The summed E-state index contributed by atoms with van der Waals surface area (Å²) in [5.74, 6) is 0. The van der Waals surface area contributed by atoms with E-state index in [9.17, 15) is 0 Å². The summed E-state index contributed by atoms with van der Waals surface area (Å²) < 4.78 is 12.4. The fourth-order valence-corrected chi connectivity index (χ4v) is 2.07. The maximum absolute atomic E-state index is 5.59. The van der Waals surface area contributed by atoms with Crippen molar-refractivity contribution in [1.29, 1.82) is 0 Å². The van der Waals surface area contributed by atoms with E-state index in [1.807, 2.05) is 10.9 Å². The average Bonchev–Trinajstić information content (AvgIpc) is 3.03. The summed E-state index contributed by atoms with van der Waals surface area (Å²) in [4.78, 5) is 0. The van der Waals surface area contributed by atoms with Gasteiger partial charge in [-0.05, 0) is 19.3 Å². The van der Waals surface area contributed by atoms with Crippen LogP contribution in [0, 0.1) is 0 Å². The van der Waals surface area contributed by atoms with E-state index in [0.29, 0.717) is 12.7 Å². The number of ether oxygens (including phenoxy) is 2. The zero-order chi connectivity index (χ0) is 12.6. The second-order valence-electron chi connectivity index (χ2n) is 4.57. The van der Waals surface area contributed by atoms with E-state index in [2.05, 4.69) is 15.6 Å². The minimum Gasteiger partial charge on any atom is -0.383 e. The molecule has 18 heavy (non-hydrogen) atoms. The van der Waals surface area contributed by atoms with Crippen molar-refractivity contribution in [1.82, 2.24) is 20.3 Å². The van der Waals surface area contributed by atoms with Crippen molar-refractivity contribution in [3.05, 3.63) is 11.9 Å². The van der Waals surface area contributed by atoms with Crippen LogP contribution in [0.3, 0.4) is 0 Å². The minimum atomic E-state index is 0.414. The van der Waals surface area contributed by atoms with E-state index in [4.69, 9.17) is 9.47 Å². The largest absolute Gasteiger partial charge is 0.383 e. The number of hydrogen-bond acceptors (Lipinski definition) is 5. The van der Waals surface area contributed by atoms with E-state index in [-0.39, 0.29) is 0 Å². The van der Waals surface area contributed by atoms with Gasteiger partial charge in [0.05, 0.1) is 18.4 Å². The first kappa shape index (κ1) is 13.5. The maximum Gasteiger partial charge on any atom is 0.0964 e. The predicted molar refractivity (Wildman–Crippen MR) is 67.2 cm³/mol. The van der Waals surface area contributed by atoms with Gasteiger partial charge in [-0.1, -0.05) is 5.21 Å². The van der Waals surface area contributed by atoms with Crippen molar-refractivity contribution in [2.45, 2.75) is 38.5 Å². The highest BCUT2D eigenvalue weighted by molar-refractivity contribution is 4.91. The summed E-state index contributed by atoms with van der Waals surface area (Å²) in [6, 6.07) is 0. The van der Waals surface area contributed by atoms with E-state index in [1.165, 1.54) is 12.8 Å². The molecule has 0 radical (unpaired) electrons. The first-order chi connectivity index (χ1) is 8.88. The highest BCUT2D eigenvalue weighted by atomic mass is 16.5. The summed E-state index contributed by atoms with van der Waals surface area (Å²) in [7, 11) is 1.70. The number of aromatic nitrogens is 3. The third-order valence-electron chi connectivity index (χ3n) is 3.08. The van der Waals surface area contributed by atoms with Crippen molar-refractivity contribution < 1.29 is 9.47 Å². The normalized spacial score (nSPS) is 19.5. The third kappa shape index (κ3) is 4.36. The molecule has 1 aliphatic rings. The van der Waals surface area contributed by atoms with Crippen molar-refractivity contribution in [3.8, 4) is 0 Å². The molecule has 1 aromatic rings. The molecule has 1 saturated heterocycles.